The SMILES string of the molecule is C=CCOc1ccc(NCC(=O)NCc2ccc(OC(C)C)cc2)cc1. The highest BCUT2D eigenvalue weighted by atomic mass is 16.5. The standard InChI is InChI=1S/C21H26N2O3/c1-4-13-25-19-11-7-18(8-12-19)22-15-21(24)23-14-17-5-9-20(10-6-17)26-16(2)3/h4-12,16,22H,1,13-15H2,2-3H3,(H,23,24). The maximum Gasteiger partial charge on any atom is 0.239 e. The van der Waals surface area contributed by atoms with E-state index in [1.54, 1.807) is 6.08 Å². The number of carbonyl (C=O) groups is 1. The maximum atomic E-state index is 12.0. The average Bonchev–Trinajstić information content (AvgIpc) is 2.64. The van der Waals surface area contributed by atoms with Crippen molar-refractivity contribution in [2.75, 3.05) is 18.5 Å². The predicted molar refractivity (Wildman–Crippen MR) is 105 cm³/mol. The topological polar surface area (TPSA) is 59.6 Å². The zero-order valence-corrected chi connectivity index (χ0v) is 15.3. The molecule has 0 aliphatic rings. The summed E-state index contributed by atoms with van der Waals surface area (Å²) < 4.78 is 11.0. The van der Waals surface area contributed by atoms with Crippen LogP contribution in [0.4, 0.5) is 5.69 Å². The molecule has 0 bridgehead atoms. The molecule has 1 amide bonds. The molecule has 0 atom stereocenters. The van der Waals surface area contributed by atoms with Crippen molar-refractivity contribution in [2.45, 2.75) is 26.5 Å². The van der Waals surface area contributed by atoms with Crippen LogP contribution in [0.5, 0.6) is 11.5 Å². The summed E-state index contributed by atoms with van der Waals surface area (Å²) in [4.78, 5) is 12.0. The third-order valence-electron chi connectivity index (χ3n) is 3.46. The molecule has 0 aliphatic carbocycles. The zero-order chi connectivity index (χ0) is 18.8. The first-order valence-corrected chi connectivity index (χ1v) is 8.66. The molecule has 5 heteroatoms. The second-order valence-electron chi connectivity index (χ2n) is 6.06. The summed E-state index contributed by atoms with van der Waals surface area (Å²) in [5.74, 6) is 1.53. The van der Waals surface area contributed by atoms with E-state index >= 15 is 0 Å². The van der Waals surface area contributed by atoms with Gasteiger partial charge in [-0.25, -0.2) is 0 Å². The fourth-order valence-corrected chi connectivity index (χ4v) is 2.23. The van der Waals surface area contributed by atoms with Crippen LogP contribution in [0.15, 0.2) is 61.2 Å². The summed E-state index contributed by atoms with van der Waals surface area (Å²) in [6.45, 7) is 8.75. The Morgan fingerprint density at radius 2 is 1.73 bits per heavy atom. The van der Waals surface area contributed by atoms with E-state index in [2.05, 4.69) is 17.2 Å². The highest BCUT2D eigenvalue weighted by Gasteiger charge is 2.03. The van der Waals surface area contributed by atoms with E-state index < -0.39 is 0 Å². The van der Waals surface area contributed by atoms with E-state index in [0.717, 1.165) is 22.7 Å². The van der Waals surface area contributed by atoms with Gasteiger partial charge in [0.05, 0.1) is 12.6 Å². The second kappa shape index (κ2) is 10.1. The first-order valence-electron chi connectivity index (χ1n) is 8.66. The molecule has 2 aromatic carbocycles. The van der Waals surface area contributed by atoms with E-state index in [9.17, 15) is 4.79 Å². The Balaban J connectivity index is 1.72. The first-order chi connectivity index (χ1) is 12.6. The lowest BCUT2D eigenvalue weighted by atomic mass is 10.2. The molecule has 0 aliphatic heterocycles. The van der Waals surface area contributed by atoms with Gasteiger partial charge in [-0.15, -0.1) is 0 Å². The molecule has 0 heterocycles. The fraction of sp³-hybridized carbons (Fsp3) is 0.286. The zero-order valence-electron chi connectivity index (χ0n) is 15.3. The number of hydrogen-bond acceptors (Lipinski definition) is 4. The third kappa shape index (κ3) is 6.89. The number of amides is 1. The Morgan fingerprint density at radius 1 is 1.08 bits per heavy atom. The summed E-state index contributed by atoms with van der Waals surface area (Å²) in [7, 11) is 0. The second-order valence-corrected chi connectivity index (χ2v) is 6.06. The van der Waals surface area contributed by atoms with Gasteiger partial charge < -0.3 is 20.1 Å². The van der Waals surface area contributed by atoms with Crippen molar-refractivity contribution in [1.29, 1.82) is 0 Å². The normalized spacial score (nSPS) is 10.3. The lowest BCUT2D eigenvalue weighted by Crippen LogP contribution is -2.29. The molecule has 0 saturated carbocycles. The first kappa shape index (κ1) is 19.4. The molecule has 2 aromatic rings. The van der Waals surface area contributed by atoms with E-state index in [0.29, 0.717) is 13.2 Å². The van der Waals surface area contributed by atoms with Gasteiger partial charge in [-0.05, 0) is 55.8 Å². The van der Waals surface area contributed by atoms with Gasteiger partial charge in [0.25, 0.3) is 0 Å². The van der Waals surface area contributed by atoms with E-state index in [1.807, 2.05) is 62.4 Å². The van der Waals surface area contributed by atoms with Gasteiger partial charge in [-0.1, -0.05) is 24.8 Å². The number of anilines is 1. The van der Waals surface area contributed by atoms with Gasteiger partial charge in [-0.2, -0.15) is 0 Å². The Hall–Kier alpha value is -2.95. The molecule has 0 aromatic heterocycles. The lowest BCUT2D eigenvalue weighted by molar-refractivity contribution is -0.119. The molecule has 0 radical (unpaired) electrons. The van der Waals surface area contributed by atoms with Gasteiger partial charge in [0.1, 0.15) is 18.1 Å². The summed E-state index contributed by atoms with van der Waals surface area (Å²) in [6.07, 6.45) is 1.84. The van der Waals surface area contributed by atoms with E-state index in [-0.39, 0.29) is 18.6 Å². The molecule has 138 valence electrons. The summed E-state index contributed by atoms with van der Waals surface area (Å²) >= 11 is 0. The number of ether oxygens (including phenoxy) is 2. The van der Waals surface area contributed by atoms with Gasteiger partial charge in [0.2, 0.25) is 5.91 Å². The number of nitrogens with one attached hydrogen (secondary N) is 2. The highest BCUT2D eigenvalue weighted by Crippen LogP contribution is 2.15. The van der Waals surface area contributed by atoms with Crippen molar-refractivity contribution in [3.05, 3.63) is 66.7 Å². The summed E-state index contributed by atoms with van der Waals surface area (Å²) in [5.41, 5.74) is 1.89. The van der Waals surface area contributed by atoms with Crippen molar-refractivity contribution < 1.29 is 14.3 Å². The van der Waals surface area contributed by atoms with E-state index in [1.165, 1.54) is 0 Å². The molecule has 0 unspecified atom stereocenters. The number of hydrogen-bond donors (Lipinski definition) is 2. The number of carbonyl (C=O) groups excluding carboxylic acids is 1. The van der Waals surface area contributed by atoms with Crippen LogP contribution in [-0.2, 0) is 11.3 Å². The van der Waals surface area contributed by atoms with E-state index in [4.69, 9.17) is 9.47 Å². The smallest absolute Gasteiger partial charge is 0.239 e. The molecule has 0 fully saturated rings. The monoisotopic (exact) mass is 354 g/mol. The minimum Gasteiger partial charge on any atom is -0.491 e. The van der Waals surface area contributed by atoms with Crippen LogP contribution in [0, 0.1) is 0 Å². The molecule has 2 N–H and O–H groups in total. The van der Waals surface area contributed by atoms with Crippen molar-refractivity contribution in [2.24, 2.45) is 0 Å². The van der Waals surface area contributed by atoms with Crippen LogP contribution in [0.3, 0.4) is 0 Å². The molecular formula is C21H26N2O3. The molecule has 2 rings (SSSR count). The molecular weight excluding hydrogens is 328 g/mol. The maximum absolute atomic E-state index is 12.0. The fourth-order valence-electron chi connectivity index (χ4n) is 2.23. The molecule has 0 saturated heterocycles. The van der Waals surface area contributed by atoms with Crippen LogP contribution in [0.1, 0.15) is 19.4 Å². The van der Waals surface area contributed by atoms with Crippen LogP contribution in [0.25, 0.3) is 0 Å². The Bertz CT molecular complexity index is 694. The molecule has 26 heavy (non-hydrogen) atoms. The molecule has 0 spiro atoms. The Labute approximate surface area is 155 Å². The summed E-state index contributed by atoms with van der Waals surface area (Å²) in [5, 5.41) is 5.98. The van der Waals surface area contributed by atoms with Crippen LogP contribution in [0.2, 0.25) is 0 Å². The van der Waals surface area contributed by atoms with Crippen molar-refractivity contribution >= 4 is 11.6 Å². The van der Waals surface area contributed by atoms with Gasteiger partial charge in [0, 0.05) is 12.2 Å². The van der Waals surface area contributed by atoms with Crippen molar-refractivity contribution in [3.8, 4) is 11.5 Å². The Kier molecular flexibility index (Phi) is 7.55. The third-order valence-corrected chi connectivity index (χ3v) is 3.46. The minimum atomic E-state index is -0.0699. The largest absolute Gasteiger partial charge is 0.491 e. The van der Waals surface area contributed by atoms with Crippen LogP contribution >= 0.6 is 0 Å². The summed E-state index contributed by atoms with van der Waals surface area (Å²) in [6, 6.07) is 15.2. The Morgan fingerprint density at radius 3 is 2.35 bits per heavy atom. The van der Waals surface area contributed by atoms with Crippen LogP contribution in [-0.4, -0.2) is 25.2 Å². The van der Waals surface area contributed by atoms with Crippen molar-refractivity contribution in [3.63, 3.8) is 0 Å². The highest BCUT2D eigenvalue weighted by molar-refractivity contribution is 5.80. The van der Waals surface area contributed by atoms with Crippen molar-refractivity contribution in [1.82, 2.24) is 5.32 Å². The predicted octanol–water partition coefficient (Wildman–Crippen LogP) is 3.77. The minimum absolute atomic E-state index is 0.0699. The lowest BCUT2D eigenvalue weighted by Gasteiger charge is -2.11. The number of benzene rings is 2. The molecule has 5 nitrogen and oxygen atoms in total. The van der Waals surface area contributed by atoms with Crippen LogP contribution < -0.4 is 20.1 Å². The number of rotatable bonds is 10. The van der Waals surface area contributed by atoms with Gasteiger partial charge in [-0.3, -0.25) is 4.79 Å². The quantitative estimate of drug-likeness (QED) is 0.638. The van der Waals surface area contributed by atoms with Gasteiger partial charge in [0.15, 0.2) is 0 Å². The average molecular weight is 354 g/mol. The van der Waals surface area contributed by atoms with Gasteiger partial charge >= 0.3 is 0 Å².